The minimum atomic E-state index is -0.727. The Bertz CT molecular complexity index is 334. The van der Waals surface area contributed by atoms with Crippen LogP contribution in [0.5, 0.6) is 0 Å². The monoisotopic (exact) mass is 317 g/mol. The molecule has 0 saturated heterocycles. The van der Waals surface area contributed by atoms with E-state index in [4.69, 9.17) is 14.6 Å². The Balaban J connectivity index is 4.30. The molecular weight excluding hydrogens is 286 g/mol. The molecule has 0 aliphatic carbocycles. The van der Waals surface area contributed by atoms with Crippen LogP contribution in [-0.4, -0.2) is 43.5 Å². The number of aliphatic hydroxyl groups excluding tert-OH is 1. The maximum atomic E-state index is 12.1. The largest absolute Gasteiger partial charge is 0.463 e. The highest BCUT2D eigenvalue weighted by molar-refractivity contribution is 5.81. The van der Waals surface area contributed by atoms with E-state index in [0.29, 0.717) is 19.4 Å². The molecule has 0 fully saturated rings. The second kappa shape index (κ2) is 11.4. The van der Waals surface area contributed by atoms with Gasteiger partial charge in [0.1, 0.15) is 13.3 Å². The van der Waals surface area contributed by atoms with Crippen LogP contribution in [0.3, 0.4) is 0 Å². The maximum Gasteiger partial charge on any atom is 0.311 e. The number of esters is 1. The molecule has 1 amide bonds. The Kier molecular flexibility index (Phi) is 10.8. The van der Waals surface area contributed by atoms with Crippen LogP contribution in [0.25, 0.3) is 0 Å². The molecule has 0 spiro atoms. The molecule has 0 aromatic carbocycles. The summed E-state index contributed by atoms with van der Waals surface area (Å²) in [4.78, 5) is 24.1. The van der Waals surface area contributed by atoms with Crippen molar-refractivity contribution in [1.82, 2.24) is 5.32 Å². The highest BCUT2D eigenvalue weighted by Crippen LogP contribution is 2.31. The third-order valence-corrected chi connectivity index (χ3v) is 3.79. The third-order valence-electron chi connectivity index (χ3n) is 3.79. The SMILES string of the molecule is CCCCOCNC(=O)C(C)CC(C)(CC)C(=O)OCCO. The summed E-state index contributed by atoms with van der Waals surface area (Å²) < 4.78 is 10.3. The summed E-state index contributed by atoms with van der Waals surface area (Å²) in [6.45, 7) is 8.15. The van der Waals surface area contributed by atoms with E-state index in [1.54, 1.807) is 13.8 Å². The van der Waals surface area contributed by atoms with Gasteiger partial charge in [-0.15, -0.1) is 0 Å². The predicted octanol–water partition coefficient (Wildman–Crippen LogP) is 1.85. The van der Waals surface area contributed by atoms with Crippen LogP contribution < -0.4 is 5.32 Å². The lowest BCUT2D eigenvalue weighted by Gasteiger charge is -2.28. The van der Waals surface area contributed by atoms with Crippen molar-refractivity contribution >= 4 is 11.9 Å². The minimum Gasteiger partial charge on any atom is -0.463 e. The van der Waals surface area contributed by atoms with E-state index in [2.05, 4.69) is 12.2 Å². The molecule has 0 rings (SSSR count). The van der Waals surface area contributed by atoms with Crippen LogP contribution in [0.4, 0.5) is 0 Å². The molecule has 6 nitrogen and oxygen atoms in total. The van der Waals surface area contributed by atoms with Gasteiger partial charge >= 0.3 is 5.97 Å². The smallest absolute Gasteiger partial charge is 0.311 e. The van der Waals surface area contributed by atoms with Crippen LogP contribution in [-0.2, 0) is 19.1 Å². The zero-order valence-electron chi connectivity index (χ0n) is 14.3. The summed E-state index contributed by atoms with van der Waals surface area (Å²) in [5, 5.41) is 11.4. The lowest BCUT2D eigenvalue weighted by molar-refractivity contribution is -0.157. The molecule has 0 aromatic rings. The number of ether oxygens (including phenoxy) is 2. The maximum absolute atomic E-state index is 12.1. The van der Waals surface area contributed by atoms with Gasteiger partial charge in [0.25, 0.3) is 0 Å². The first kappa shape index (κ1) is 20.9. The van der Waals surface area contributed by atoms with Gasteiger partial charge in [-0.3, -0.25) is 9.59 Å². The van der Waals surface area contributed by atoms with Crippen LogP contribution >= 0.6 is 0 Å². The lowest BCUT2D eigenvalue weighted by atomic mass is 9.79. The summed E-state index contributed by atoms with van der Waals surface area (Å²) in [5.41, 5.74) is -0.727. The second-order valence-electron chi connectivity index (χ2n) is 5.83. The number of carbonyl (C=O) groups is 2. The molecule has 2 unspecified atom stereocenters. The molecule has 6 heteroatoms. The number of aliphatic hydroxyl groups is 1. The summed E-state index contributed by atoms with van der Waals surface area (Å²) in [6, 6.07) is 0. The number of unbranched alkanes of at least 4 members (excludes halogenated alkanes) is 1. The second-order valence-corrected chi connectivity index (χ2v) is 5.83. The fraction of sp³-hybridized carbons (Fsp3) is 0.875. The highest BCUT2D eigenvalue weighted by Gasteiger charge is 2.36. The van der Waals surface area contributed by atoms with E-state index in [1.807, 2.05) is 6.92 Å². The number of carbonyl (C=O) groups excluding carboxylic acids is 2. The normalized spacial score (nSPS) is 15.0. The number of hydrogen-bond donors (Lipinski definition) is 2. The highest BCUT2D eigenvalue weighted by atomic mass is 16.5. The van der Waals surface area contributed by atoms with E-state index in [-0.39, 0.29) is 37.7 Å². The van der Waals surface area contributed by atoms with Crippen molar-refractivity contribution < 1.29 is 24.2 Å². The Labute approximate surface area is 133 Å². The fourth-order valence-electron chi connectivity index (χ4n) is 2.07. The van der Waals surface area contributed by atoms with Gasteiger partial charge in [0.15, 0.2) is 0 Å². The third kappa shape index (κ3) is 7.75. The zero-order chi connectivity index (χ0) is 17.0. The summed E-state index contributed by atoms with van der Waals surface area (Å²) >= 11 is 0. The van der Waals surface area contributed by atoms with Crippen molar-refractivity contribution in [1.29, 1.82) is 0 Å². The van der Waals surface area contributed by atoms with Gasteiger partial charge in [0.05, 0.1) is 12.0 Å². The molecule has 0 bridgehead atoms. The van der Waals surface area contributed by atoms with Gasteiger partial charge in [0.2, 0.25) is 5.91 Å². The lowest BCUT2D eigenvalue weighted by Crippen LogP contribution is -2.37. The standard InChI is InChI=1S/C16H31NO5/c1-5-7-9-21-12-17-14(19)13(3)11-16(4,6-2)15(20)22-10-8-18/h13,18H,5-12H2,1-4H3,(H,17,19). The van der Waals surface area contributed by atoms with Gasteiger partial charge in [0, 0.05) is 12.5 Å². The molecule has 0 aromatic heterocycles. The van der Waals surface area contributed by atoms with Crippen LogP contribution in [0.15, 0.2) is 0 Å². The van der Waals surface area contributed by atoms with Crippen molar-refractivity contribution in [2.45, 2.75) is 53.4 Å². The fourth-order valence-corrected chi connectivity index (χ4v) is 2.07. The van der Waals surface area contributed by atoms with E-state index < -0.39 is 5.41 Å². The van der Waals surface area contributed by atoms with Gasteiger partial charge in [-0.1, -0.05) is 27.2 Å². The van der Waals surface area contributed by atoms with E-state index in [1.165, 1.54) is 0 Å². The quantitative estimate of drug-likeness (QED) is 0.326. The number of hydrogen-bond acceptors (Lipinski definition) is 5. The van der Waals surface area contributed by atoms with Gasteiger partial charge in [-0.05, 0) is 26.2 Å². The van der Waals surface area contributed by atoms with Crippen molar-refractivity contribution in [3.8, 4) is 0 Å². The van der Waals surface area contributed by atoms with Crippen molar-refractivity contribution in [2.75, 3.05) is 26.6 Å². The molecule has 0 aliphatic heterocycles. The number of amides is 1. The summed E-state index contributed by atoms with van der Waals surface area (Å²) in [6.07, 6.45) is 2.99. The topological polar surface area (TPSA) is 84.9 Å². The molecule has 130 valence electrons. The van der Waals surface area contributed by atoms with Crippen molar-refractivity contribution in [2.24, 2.45) is 11.3 Å². The van der Waals surface area contributed by atoms with E-state index in [9.17, 15) is 9.59 Å². The first-order valence-corrected chi connectivity index (χ1v) is 8.04. The first-order valence-electron chi connectivity index (χ1n) is 8.04. The Morgan fingerprint density at radius 3 is 2.50 bits per heavy atom. The summed E-state index contributed by atoms with van der Waals surface area (Å²) in [5.74, 6) is -0.824. The molecule has 0 saturated carbocycles. The molecule has 2 atom stereocenters. The number of nitrogens with one attached hydrogen (secondary N) is 1. The Hall–Kier alpha value is -1.14. The molecular formula is C16H31NO5. The van der Waals surface area contributed by atoms with Crippen LogP contribution in [0.2, 0.25) is 0 Å². The van der Waals surface area contributed by atoms with E-state index in [0.717, 1.165) is 12.8 Å². The van der Waals surface area contributed by atoms with Crippen molar-refractivity contribution in [3.05, 3.63) is 0 Å². The predicted molar refractivity (Wildman–Crippen MR) is 84.1 cm³/mol. The minimum absolute atomic E-state index is 0.0136. The Morgan fingerprint density at radius 1 is 1.27 bits per heavy atom. The van der Waals surface area contributed by atoms with E-state index >= 15 is 0 Å². The number of rotatable bonds is 12. The molecule has 0 aliphatic rings. The zero-order valence-corrected chi connectivity index (χ0v) is 14.3. The molecule has 0 heterocycles. The van der Waals surface area contributed by atoms with Crippen LogP contribution in [0.1, 0.15) is 53.4 Å². The molecule has 0 radical (unpaired) electrons. The van der Waals surface area contributed by atoms with Crippen molar-refractivity contribution in [3.63, 3.8) is 0 Å². The van der Waals surface area contributed by atoms with Gasteiger partial charge < -0.3 is 19.9 Å². The average molecular weight is 317 g/mol. The Morgan fingerprint density at radius 2 is 1.95 bits per heavy atom. The average Bonchev–Trinajstić information content (AvgIpc) is 2.51. The van der Waals surface area contributed by atoms with Crippen LogP contribution in [0, 0.1) is 11.3 Å². The van der Waals surface area contributed by atoms with Gasteiger partial charge in [-0.25, -0.2) is 0 Å². The molecule has 22 heavy (non-hydrogen) atoms. The molecule has 2 N–H and O–H groups in total. The van der Waals surface area contributed by atoms with Gasteiger partial charge in [-0.2, -0.15) is 0 Å². The summed E-state index contributed by atoms with van der Waals surface area (Å²) in [7, 11) is 0. The first-order chi connectivity index (χ1) is 10.4.